The van der Waals surface area contributed by atoms with Crippen molar-refractivity contribution < 1.29 is 0 Å². The molecule has 4 heteroatoms. The van der Waals surface area contributed by atoms with Crippen LogP contribution in [0.25, 0.3) is 0 Å². The highest BCUT2D eigenvalue weighted by Crippen LogP contribution is 2.26. The molecule has 0 amide bonds. The van der Waals surface area contributed by atoms with Gasteiger partial charge in [0.05, 0.1) is 0 Å². The van der Waals surface area contributed by atoms with Crippen molar-refractivity contribution in [1.82, 2.24) is 4.98 Å². The van der Waals surface area contributed by atoms with Gasteiger partial charge in [-0.3, -0.25) is 0 Å². The van der Waals surface area contributed by atoms with Crippen LogP contribution in [0.5, 0.6) is 0 Å². The minimum absolute atomic E-state index is 0. The highest BCUT2D eigenvalue weighted by Gasteiger charge is 2.15. The Labute approximate surface area is 99.8 Å². The Morgan fingerprint density at radius 1 is 1.57 bits per heavy atom. The highest BCUT2D eigenvalue weighted by molar-refractivity contribution is 9.10. The van der Waals surface area contributed by atoms with Gasteiger partial charge in [-0.25, -0.2) is 4.98 Å². The molecule has 0 fully saturated rings. The van der Waals surface area contributed by atoms with Crippen molar-refractivity contribution in [2.75, 3.05) is 0 Å². The first-order valence-electron chi connectivity index (χ1n) is 4.52. The number of rotatable bonds is 3. The molecular weight excluding hydrogens is 263 g/mol. The number of aromatic nitrogens is 1. The SMILES string of the molecule is CCC(C)[C@H](N)c1cccnc1Br.Cl. The number of nitrogens with zero attached hydrogens (tertiary/aromatic N) is 1. The molecule has 2 nitrogen and oxygen atoms in total. The normalized spacial score (nSPS) is 14.3. The fourth-order valence-corrected chi connectivity index (χ4v) is 1.72. The molecule has 0 aromatic carbocycles. The summed E-state index contributed by atoms with van der Waals surface area (Å²) in [5, 5.41) is 0. The van der Waals surface area contributed by atoms with Crippen molar-refractivity contribution in [3.05, 3.63) is 28.5 Å². The number of pyridine rings is 1. The predicted molar refractivity (Wildman–Crippen MR) is 65.6 cm³/mol. The minimum Gasteiger partial charge on any atom is -0.324 e. The standard InChI is InChI=1S/C10H15BrN2.ClH/c1-3-7(2)9(12)8-5-4-6-13-10(8)11;/h4-7,9H,3,12H2,1-2H3;1H/t7?,9-;/m0./s1. The minimum atomic E-state index is 0. The Kier molecular flexibility index (Phi) is 6.33. The maximum Gasteiger partial charge on any atom is 0.110 e. The molecule has 1 rings (SSSR count). The van der Waals surface area contributed by atoms with Crippen molar-refractivity contribution >= 4 is 28.3 Å². The van der Waals surface area contributed by atoms with E-state index in [-0.39, 0.29) is 18.4 Å². The third-order valence-corrected chi connectivity index (χ3v) is 3.07. The molecule has 1 heterocycles. The topological polar surface area (TPSA) is 38.9 Å². The first-order valence-corrected chi connectivity index (χ1v) is 5.32. The van der Waals surface area contributed by atoms with E-state index in [0.717, 1.165) is 16.6 Å². The molecule has 1 aromatic heterocycles. The lowest BCUT2D eigenvalue weighted by atomic mass is 9.95. The fourth-order valence-electron chi connectivity index (χ4n) is 1.21. The molecule has 0 bridgehead atoms. The van der Waals surface area contributed by atoms with E-state index in [1.807, 2.05) is 12.1 Å². The lowest BCUT2D eigenvalue weighted by Crippen LogP contribution is -2.19. The monoisotopic (exact) mass is 278 g/mol. The number of halogens is 2. The summed E-state index contributed by atoms with van der Waals surface area (Å²) >= 11 is 3.40. The van der Waals surface area contributed by atoms with Crippen LogP contribution < -0.4 is 5.73 Å². The number of hydrogen-bond acceptors (Lipinski definition) is 2. The van der Waals surface area contributed by atoms with Crippen LogP contribution >= 0.6 is 28.3 Å². The zero-order valence-electron chi connectivity index (χ0n) is 8.40. The van der Waals surface area contributed by atoms with E-state index >= 15 is 0 Å². The lowest BCUT2D eigenvalue weighted by Gasteiger charge is -2.19. The molecule has 0 aliphatic rings. The zero-order valence-corrected chi connectivity index (χ0v) is 10.8. The molecule has 0 aliphatic carbocycles. The molecule has 1 aromatic rings. The van der Waals surface area contributed by atoms with Gasteiger partial charge >= 0.3 is 0 Å². The van der Waals surface area contributed by atoms with Crippen LogP contribution in [0.2, 0.25) is 0 Å². The summed E-state index contributed by atoms with van der Waals surface area (Å²) in [6.45, 7) is 4.30. The van der Waals surface area contributed by atoms with Crippen LogP contribution in [0.3, 0.4) is 0 Å². The summed E-state index contributed by atoms with van der Waals surface area (Å²) in [5.41, 5.74) is 7.17. The maximum absolute atomic E-state index is 6.08. The Bertz CT molecular complexity index is 281. The molecular formula is C10H16BrClN2. The average Bonchev–Trinajstić information content (AvgIpc) is 2.16. The molecule has 0 spiro atoms. The van der Waals surface area contributed by atoms with E-state index in [1.54, 1.807) is 6.20 Å². The Balaban J connectivity index is 0.00000169. The lowest BCUT2D eigenvalue weighted by molar-refractivity contribution is 0.454. The first-order chi connectivity index (χ1) is 6.16. The summed E-state index contributed by atoms with van der Waals surface area (Å²) in [7, 11) is 0. The van der Waals surface area contributed by atoms with Gasteiger partial charge in [-0.05, 0) is 27.9 Å². The van der Waals surface area contributed by atoms with Crippen molar-refractivity contribution in [3.8, 4) is 0 Å². The zero-order chi connectivity index (χ0) is 9.84. The molecule has 1 unspecified atom stereocenters. The van der Waals surface area contributed by atoms with Gasteiger partial charge in [0.25, 0.3) is 0 Å². The van der Waals surface area contributed by atoms with Gasteiger partial charge in [0.1, 0.15) is 4.60 Å². The number of nitrogens with two attached hydrogens (primary N) is 1. The molecule has 0 saturated heterocycles. The van der Waals surface area contributed by atoms with E-state index in [9.17, 15) is 0 Å². The summed E-state index contributed by atoms with van der Waals surface area (Å²) in [5.74, 6) is 0.487. The van der Waals surface area contributed by atoms with Crippen molar-refractivity contribution in [1.29, 1.82) is 0 Å². The first kappa shape index (κ1) is 13.9. The predicted octanol–water partition coefficient (Wildman–Crippen LogP) is 3.31. The van der Waals surface area contributed by atoms with Crippen LogP contribution in [-0.4, -0.2) is 4.98 Å². The van der Waals surface area contributed by atoms with E-state index in [4.69, 9.17) is 5.73 Å². The molecule has 0 radical (unpaired) electrons. The smallest absolute Gasteiger partial charge is 0.110 e. The second-order valence-corrected chi connectivity index (χ2v) is 4.05. The van der Waals surface area contributed by atoms with E-state index in [1.165, 1.54) is 0 Å². The average molecular weight is 280 g/mol. The van der Waals surface area contributed by atoms with Gasteiger partial charge in [-0.1, -0.05) is 26.3 Å². The van der Waals surface area contributed by atoms with Crippen LogP contribution in [0.1, 0.15) is 31.9 Å². The van der Waals surface area contributed by atoms with Crippen LogP contribution in [0, 0.1) is 5.92 Å². The second-order valence-electron chi connectivity index (χ2n) is 3.29. The van der Waals surface area contributed by atoms with Gasteiger partial charge in [-0.2, -0.15) is 0 Å². The van der Waals surface area contributed by atoms with Gasteiger partial charge in [0, 0.05) is 17.8 Å². The van der Waals surface area contributed by atoms with Gasteiger partial charge < -0.3 is 5.73 Å². The van der Waals surface area contributed by atoms with Gasteiger partial charge in [0.15, 0.2) is 0 Å². The van der Waals surface area contributed by atoms with Gasteiger partial charge in [-0.15, -0.1) is 12.4 Å². The van der Waals surface area contributed by atoms with Crippen LogP contribution in [-0.2, 0) is 0 Å². The second kappa shape index (κ2) is 6.38. The van der Waals surface area contributed by atoms with Crippen molar-refractivity contribution in [3.63, 3.8) is 0 Å². The van der Waals surface area contributed by atoms with Crippen molar-refractivity contribution in [2.24, 2.45) is 11.7 Å². The third-order valence-electron chi connectivity index (χ3n) is 2.40. The van der Waals surface area contributed by atoms with Crippen LogP contribution in [0.15, 0.2) is 22.9 Å². The Hall–Kier alpha value is -0.120. The molecule has 0 aliphatic heterocycles. The van der Waals surface area contributed by atoms with Crippen LogP contribution in [0.4, 0.5) is 0 Å². The Morgan fingerprint density at radius 3 is 2.71 bits per heavy atom. The molecule has 80 valence electrons. The molecule has 14 heavy (non-hydrogen) atoms. The molecule has 0 saturated carbocycles. The van der Waals surface area contributed by atoms with E-state index in [2.05, 4.69) is 34.8 Å². The summed E-state index contributed by atoms with van der Waals surface area (Å²) in [6.07, 6.45) is 2.85. The van der Waals surface area contributed by atoms with E-state index < -0.39 is 0 Å². The highest BCUT2D eigenvalue weighted by atomic mass is 79.9. The summed E-state index contributed by atoms with van der Waals surface area (Å²) in [4.78, 5) is 4.15. The largest absolute Gasteiger partial charge is 0.324 e. The summed E-state index contributed by atoms with van der Waals surface area (Å²) in [6, 6.07) is 4.02. The van der Waals surface area contributed by atoms with Gasteiger partial charge in [0.2, 0.25) is 0 Å². The molecule has 2 N–H and O–H groups in total. The maximum atomic E-state index is 6.08. The summed E-state index contributed by atoms with van der Waals surface area (Å²) < 4.78 is 0.864. The Morgan fingerprint density at radius 2 is 2.21 bits per heavy atom. The molecule has 2 atom stereocenters. The quantitative estimate of drug-likeness (QED) is 0.862. The third kappa shape index (κ3) is 3.23. The van der Waals surface area contributed by atoms with Crippen molar-refractivity contribution in [2.45, 2.75) is 26.3 Å². The van der Waals surface area contributed by atoms with E-state index in [0.29, 0.717) is 5.92 Å². The fraction of sp³-hybridized carbons (Fsp3) is 0.500. The number of hydrogen-bond donors (Lipinski definition) is 1.